The Labute approximate surface area is 345 Å². The predicted octanol–water partition coefficient (Wildman–Crippen LogP) is 15.8. The molecule has 2 nitrogen and oxygen atoms in total. The molecular weight excluding hydrogens is 733 g/mol. The van der Waals surface area contributed by atoms with Gasteiger partial charge >= 0.3 is 0 Å². The van der Waals surface area contributed by atoms with Gasteiger partial charge in [0.05, 0.1) is 28.1 Å². The Kier molecular flexibility index (Phi) is 7.66. The normalized spacial score (nSPS) is 11.8. The molecule has 0 radical (unpaired) electrons. The van der Waals surface area contributed by atoms with Gasteiger partial charge in [0.1, 0.15) is 0 Å². The topological polar surface area (TPSA) is 17.8 Å². The SMILES string of the molecule is Cc1ccc(-c2ccc3c(c2)c2cc4c5ccccc5c5cc(-c6cccc7ccsc67)ccc5c4cc2n3-c2cc(-c3ccccc3)nc(-c3ccccc3)c2)cc1. The quantitative estimate of drug-likeness (QED) is 0.159. The molecule has 59 heavy (non-hydrogen) atoms. The zero-order valence-electron chi connectivity index (χ0n) is 32.4. The minimum atomic E-state index is 0.943. The maximum absolute atomic E-state index is 5.27. The first-order chi connectivity index (χ1) is 29.1. The van der Waals surface area contributed by atoms with Crippen LogP contribution in [0, 0.1) is 6.92 Å². The van der Waals surface area contributed by atoms with Crippen molar-refractivity contribution in [1.29, 1.82) is 0 Å². The van der Waals surface area contributed by atoms with Crippen LogP contribution in [0.4, 0.5) is 0 Å². The fraction of sp³-hybridized carbons (Fsp3) is 0.0179. The van der Waals surface area contributed by atoms with E-state index in [0.29, 0.717) is 0 Å². The summed E-state index contributed by atoms with van der Waals surface area (Å²) < 4.78 is 3.80. The molecule has 0 saturated carbocycles. The fourth-order valence-corrected chi connectivity index (χ4v) is 10.2. The number of aryl methyl sites for hydroxylation is 1. The zero-order chi connectivity index (χ0) is 39.0. The van der Waals surface area contributed by atoms with Crippen LogP contribution in [-0.2, 0) is 0 Å². The first-order valence-corrected chi connectivity index (χ1v) is 21.1. The molecule has 0 aliphatic carbocycles. The van der Waals surface area contributed by atoms with Gasteiger partial charge in [-0.1, -0.05) is 151 Å². The van der Waals surface area contributed by atoms with Crippen molar-refractivity contribution >= 4 is 75.5 Å². The summed E-state index contributed by atoms with van der Waals surface area (Å²) in [5.41, 5.74) is 13.7. The van der Waals surface area contributed by atoms with E-state index >= 15 is 0 Å². The van der Waals surface area contributed by atoms with E-state index in [4.69, 9.17) is 4.98 Å². The van der Waals surface area contributed by atoms with Crippen molar-refractivity contribution in [2.45, 2.75) is 6.92 Å². The van der Waals surface area contributed by atoms with Gasteiger partial charge in [0.2, 0.25) is 0 Å². The van der Waals surface area contributed by atoms with Gasteiger partial charge in [-0.2, -0.15) is 0 Å². The van der Waals surface area contributed by atoms with E-state index in [1.807, 2.05) is 11.3 Å². The third-order valence-electron chi connectivity index (χ3n) is 12.1. The van der Waals surface area contributed by atoms with E-state index in [-0.39, 0.29) is 0 Å². The third-order valence-corrected chi connectivity index (χ3v) is 13.1. The molecule has 276 valence electrons. The van der Waals surface area contributed by atoms with Crippen LogP contribution in [0.2, 0.25) is 0 Å². The summed E-state index contributed by atoms with van der Waals surface area (Å²) >= 11 is 1.81. The van der Waals surface area contributed by atoms with Crippen molar-refractivity contribution in [2.75, 3.05) is 0 Å². The smallest absolute Gasteiger partial charge is 0.0730 e. The summed E-state index contributed by atoms with van der Waals surface area (Å²) in [5.74, 6) is 0. The molecule has 0 bridgehead atoms. The van der Waals surface area contributed by atoms with E-state index in [2.05, 4.69) is 211 Å². The molecule has 0 N–H and O–H groups in total. The Morgan fingerprint density at radius 2 is 0.983 bits per heavy atom. The zero-order valence-corrected chi connectivity index (χ0v) is 33.2. The number of benzene rings is 9. The summed E-state index contributed by atoms with van der Waals surface area (Å²) in [6.07, 6.45) is 0. The molecule has 0 unspecified atom stereocenters. The van der Waals surface area contributed by atoms with Crippen LogP contribution in [0.1, 0.15) is 5.56 Å². The van der Waals surface area contributed by atoms with Crippen molar-refractivity contribution in [3.8, 4) is 50.5 Å². The Morgan fingerprint density at radius 1 is 0.390 bits per heavy atom. The first kappa shape index (κ1) is 33.8. The number of hydrogen-bond donors (Lipinski definition) is 0. The molecule has 3 heterocycles. The minimum absolute atomic E-state index is 0.943. The second-order valence-corrected chi connectivity index (χ2v) is 16.5. The summed E-state index contributed by atoms with van der Waals surface area (Å²) in [5, 5.41) is 13.5. The highest BCUT2D eigenvalue weighted by Gasteiger charge is 2.20. The maximum atomic E-state index is 5.27. The van der Waals surface area contributed by atoms with Gasteiger partial charge in [-0.3, -0.25) is 0 Å². The Hall–Kier alpha value is -7.33. The lowest BCUT2D eigenvalue weighted by Gasteiger charge is -2.15. The summed E-state index contributed by atoms with van der Waals surface area (Å²) in [4.78, 5) is 5.27. The predicted molar refractivity (Wildman–Crippen MR) is 253 cm³/mol. The lowest BCUT2D eigenvalue weighted by molar-refractivity contribution is 1.16. The van der Waals surface area contributed by atoms with Crippen LogP contribution in [0.15, 0.2) is 200 Å². The highest BCUT2D eigenvalue weighted by molar-refractivity contribution is 7.17. The van der Waals surface area contributed by atoms with E-state index in [1.54, 1.807) is 0 Å². The molecule has 0 atom stereocenters. The maximum Gasteiger partial charge on any atom is 0.0730 e. The monoisotopic (exact) mass is 768 g/mol. The lowest BCUT2D eigenvalue weighted by atomic mass is 9.91. The Balaban J connectivity index is 1.19. The van der Waals surface area contributed by atoms with E-state index < -0.39 is 0 Å². The molecule has 0 aliphatic rings. The second-order valence-electron chi connectivity index (χ2n) is 15.6. The van der Waals surface area contributed by atoms with Crippen LogP contribution >= 0.6 is 11.3 Å². The van der Waals surface area contributed by atoms with Gasteiger partial charge in [-0.25, -0.2) is 4.98 Å². The van der Waals surface area contributed by atoms with Gasteiger partial charge in [0, 0.05) is 26.6 Å². The molecular formula is C56H36N2S. The van der Waals surface area contributed by atoms with Crippen molar-refractivity contribution in [2.24, 2.45) is 0 Å². The number of nitrogens with zero attached hydrogens (tertiary/aromatic N) is 2. The Bertz CT molecular complexity index is 3540. The second kappa shape index (κ2) is 13.4. The third kappa shape index (κ3) is 5.50. The lowest BCUT2D eigenvalue weighted by Crippen LogP contribution is -1.98. The average molecular weight is 769 g/mol. The van der Waals surface area contributed by atoms with Crippen molar-refractivity contribution in [3.05, 3.63) is 205 Å². The molecule has 9 aromatic carbocycles. The van der Waals surface area contributed by atoms with E-state index in [9.17, 15) is 0 Å². The van der Waals surface area contributed by atoms with Crippen LogP contribution in [0.5, 0.6) is 0 Å². The average Bonchev–Trinajstić information content (AvgIpc) is 3.92. The van der Waals surface area contributed by atoms with Crippen LogP contribution < -0.4 is 0 Å². The number of pyridine rings is 1. The van der Waals surface area contributed by atoms with Gasteiger partial charge in [-0.05, 0) is 121 Å². The molecule has 12 rings (SSSR count). The molecule has 0 aliphatic heterocycles. The molecule has 3 aromatic heterocycles. The largest absolute Gasteiger partial charge is 0.309 e. The summed E-state index contributed by atoms with van der Waals surface area (Å²) in [6.45, 7) is 2.15. The van der Waals surface area contributed by atoms with E-state index in [0.717, 1.165) is 33.7 Å². The first-order valence-electron chi connectivity index (χ1n) is 20.2. The van der Waals surface area contributed by atoms with Crippen LogP contribution in [0.3, 0.4) is 0 Å². The fourth-order valence-electron chi connectivity index (χ4n) is 9.22. The van der Waals surface area contributed by atoms with Gasteiger partial charge in [0.25, 0.3) is 0 Å². The van der Waals surface area contributed by atoms with Crippen molar-refractivity contribution in [1.82, 2.24) is 9.55 Å². The Morgan fingerprint density at radius 3 is 1.71 bits per heavy atom. The molecule has 0 fully saturated rings. The van der Waals surface area contributed by atoms with Crippen LogP contribution in [-0.4, -0.2) is 9.55 Å². The van der Waals surface area contributed by atoms with Gasteiger partial charge in [-0.15, -0.1) is 11.3 Å². The highest BCUT2D eigenvalue weighted by atomic mass is 32.1. The minimum Gasteiger partial charge on any atom is -0.309 e. The highest BCUT2D eigenvalue weighted by Crippen LogP contribution is 2.44. The number of rotatable bonds is 5. The number of aromatic nitrogens is 2. The van der Waals surface area contributed by atoms with Gasteiger partial charge < -0.3 is 4.57 Å². The number of thiophene rings is 1. The van der Waals surface area contributed by atoms with Crippen LogP contribution in [0.25, 0.3) is 115 Å². The van der Waals surface area contributed by atoms with Gasteiger partial charge in [0.15, 0.2) is 0 Å². The number of hydrogen-bond acceptors (Lipinski definition) is 2. The molecule has 12 aromatic rings. The standard InChI is InChI=1S/C56H36N2S/c1-35-19-21-36(22-20-35)40-24-26-54-50(29-40)51-33-48-45-17-9-8-16-44(45)47-30-41(43-18-10-15-39-27-28-59-56(39)43)23-25-46(47)49(48)34-55(51)58(54)42-31-52(37-11-4-2-5-12-37)57-53(32-42)38-13-6-3-7-14-38/h2-34H,1H3. The molecule has 3 heteroatoms. The van der Waals surface area contributed by atoms with Crippen molar-refractivity contribution < 1.29 is 0 Å². The van der Waals surface area contributed by atoms with Crippen molar-refractivity contribution in [3.63, 3.8) is 0 Å². The molecule has 0 saturated heterocycles. The molecule has 0 spiro atoms. The number of fused-ring (bicyclic) bond motifs is 10. The van der Waals surface area contributed by atoms with E-state index in [1.165, 1.54) is 86.5 Å². The summed E-state index contributed by atoms with van der Waals surface area (Å²) in [6, 6.07) is 71.3. The summed E-state index contributed by atoms with van der Waals surface area (Å²) in [7, 11) is 0. The molecule has 0 amide bonds.